The van der Waals surface area contributed by atoms with E-state index in [4.69, 9.17) is 4.74 Å². The highest BCUT2D eigenvalue weighted by molar-refractivity contribution is 5.97. The van der Waals surface area contributed by atoms with Crippen LogP contribution in [0.3, 0.4) is 0 Å². The summed E-state index contributed by atoms with van der Waals surface area (Å²) < 4.78 is 5.21. The number of hydrogen-bond donors (Lipinski definition) is 1. The number of rotatable bonds is 5. The number of aromatic hydroxyl groups is 1. The lowest BCUT2D eigenvalue weighted by Crippen LogP contribution is -2.46. The molecule has 2 aliphatic rings. The molecule has 1 aliphatic heterocycles. The number of ether oxygens (including phenoxy) is 1. The number of benzene rings is 1. The first-order chi connectivity index (χ1) is 12.0. The quantitative estimate of drug-likeness (QED) is 0.890. The average Bonchev–Trinajstić information content (AvgIpc) is 3.42. The number of hydrogen-bond acceptors (Lipinski definition) is 4. The summed E-state index contributed by atoms with van der Waals surface area (Å²) in [4.78, 5) is 17.5. The van der Waals surface area contributed by atoms with Crippen LogP contribution < -0.4 is 4.74 Å². The van der Waals surface area contributed by atoms with Crippen molar-refractivity contribution in [2.45, 2.75) is 39.2 Å². The number of amides is 1. The molecule has 5 heteroatoms. The Morgan fingerprint density at radius 3 is 2.72 bits per heavy atom. The molecule has 1 atom stereocenters. The third kappa shape index (κ3) is 4.27. The minimum absolute atomic E-state index is 0.0194. The molecule has 5 nitrogen and oxygen atoms in total. The van der Waals surface area contributed by atoms with Gasteiger partial charge in [0, 0.05) is 32.2 Å². The topological polar surface area (TPSA) is 53.0 Å². The number of phenolic OH excluding ortho intramolecular Hbond substituents is 1. The van der Waals surface area contributed by atoms with Crippen molar-refractivity contribution in [2.75, 3.05) is 33.3 Å². The van der Waals surface area contributed by atoms with Crippen LogP contribution in [0.15, 0.2) is 18.2 Å². The van der Waals surface area contributed by atoms with Crippen LogP contribution in [0.5, 0.6) is 11.5 Å². The Hall–Kier alpha value is -1.75. The van der Waals surface area contributed by atoms with Gasteiger partial charge in [-0.1, -0.05) is 13.8 Å². The van der Waals surface area contributed by atoms with Crippen molar-refractivity contribution in [3.8, 4) is 11.5 Å². The van der Waals surface area contributed by atoms with Crippen LogP contribution in [0.1, 0.15) is 43.5 Å². The molecule has 0 bridgehead atoms. The minimum atomic E-state index is -0.102. The molecule has 25 heavy (non-hydrogen) atoms. The van der Waals surface area contributed by atoms with Crippen molar-refractivity contribution in [1.29, 1.82) is 0 Å². The Morgan fingerprint density at radius 1 is 1.32 bits per heavy atom. The lowest BCUT2D eigenvalue weighted by atomic mass is 10.0. The minimum Gasteiger partial charge on any atom is -0.507 e. The molecule has 0 spiro atoms. The lowest BCUT2D eigenvalue weighted by molar-refractivity contribution is 0.0701. The molecule has 1 aliphatic carbocycles. The lowest BCUT2D eigenvalue weighted by Gasteiger charge is -2.34. The first-order valence-electron chi connectivity index (χ1n) is 9.40. The first kappa shape index (κ1) is 18.1. The van der Waals surface area contributed by atoms with Crippen LogP contribution in [0.2, 0.25) is 0 Å². The number of methoxy groups -OCH3 is 1. The van der Waals surface area contributed by atoms with Crippen LogP contribution in [0.25, 0.3) is 0 Å². The van der Waals surface area contributed by atoms with Gasteiger partial charge in [-0.25, -0.2) is 0 Å². The van der Waals surface area contributed by atoms with Crippen LogP contribution in [0, 0.1) is 11.8 Å². The number of phenols is 1. The van der Waals surface area contributed by atoms with Crippen molar-refractivity contribution in [2.24, 2.45) is 11.8 Å². The molecule has 3 rings (SSSR count). The summed E-state index contributed by atoms with van der Waals surface area (Å²) in [6, 6.07) is 5.21. The van der Waals surface area contributed by atoms with E-state index in [1.54, 1.807) is 19.2 Å². The molecule has 1 aromatic rings. The normalized spacial score (nSPS) is 22.1. The second kappa shape index (κ2) is 7.65. The first-order valence-corrected chi connectivity index (χ1v) is 9.40. The van der Waals surface area contributed by atoms with E-state index in [0.717, 1.165) is 38.5 Å². The van der Waals surface area contributed by atoms with E-state index in [-0.39, 0.29) is 11.7 Å². The molecule has 1 saturated heterocycles. The van der Waals surface area contributed by atoms with Crippen LogP contribution in [-0.4, -0.2) is 60.1 Å². The van der Waals surface area contributed by atoms with E-state index in [1.165, 1.54) is 18.9 Å². The van der Waals surface area contributed by atoms with Gasteiger partial charge in [0.1, 0.15) is 11.5 Å². The van der Waals surface area contributed by atoms with E-state index in [0.29, 0.717) is 23.3 Å². The smallest absolute Gasteiger partial charge is 0.257 e. The molecule has 0 aromatic heterocycles. The molecule has 1 aromatic carbocycles. The highest BCUT2D eigenvalue weighted by Crippen LogP contribution is 2.32. The van der Waals surface area contributed by atoms with Crippen molar-refractivity contribution >= 4 is 5.91 Å². The number of nitrogens with zero attached hydrogens (tertiary/aromatic N) is 2. The van der Waals surface area contributed by atoms with Gasteiger partial charge in [-0.05, 0) is 49.3 Å². The summed E-state index contributed by atoms with van der Waals surface area (Å²) in [5.41, 5.74) is 0.331. The highest BCUT2D eigenvalue weighted by atomic mass is 16.5. The summed E-state index contributed by atoms with van der Waals surface area (Å²) in [6.45, 7) is 8.14. The van der Waals surface area contributed by atoms with Crippen molar-refractivity contribution in [1.82, 2.24) is 9.80 Å². The van der Waals surface area contributed by atoms with Gasteiger partial charge >= 0.3 is 0 Å². The summed E-state index contributed by atoms with van der Waals surface area (Å²) in [5, 5.41) is 10.1. The highest BCUT2D eigenvalue weighted by Gasteiger charge is 2.34. The molecular formula is C20H30N2O3. The van der Waals surface area contributed by atoms with Gasteiger partial charge in [0.05, 0.1) is 12.7 Å². The molecule has 1 N–H and O–H groups in total. The van der Waals surface area contributed by atoms with Crippen LogP contribution in [0.4, 0.5) is 0 Å². The van der Waals surface area contributed by atoms with Gasteiger partial charge in [-0.15, -0.1) is 0 Å². The van der Waals surface area contributed by atoms with Gasteiger partial charge in [-0.2, -0.15) is 0 Å². The summed E-state index contributed by atoms with van der Waals surface area (Å²) in [5.74, 6) is 1.85. The summed E-state index contributed by atoms with van der Waals surface area (Å²) in [6.07, 6.45) is 3.68. The Morgan fingerprint density at radius 2 is 2.08 bits per heavy atom. The van der Waals surface area contributed by atoms with E-state index in [1.807, 2.05) is 4.90 Å². The van der Waals surface area contributed by atoms with Gasteiger partial charge in [0.15, 0.2) is 0 Å². The number of carbonyl (C=O) groups is 1. The van der Waals surface area contributed by atoms with Crippen molar-refractivity contribution < 1.29 is 14.6 Å². The SMILES string of the molecule is COc1ccc(O)c(C(=O)N2CCCN(CC3CC3)C(C(C)C)C2)c1. The van der Waals surface area contributed by atoms with Gasteiger partial charge in [0.25, 0.3) is 5.91 Å². The Bertz CT molecular complexity index is 613. The van der Waals surface area contributed by atoms with E-state index >= 15 is 0 Å². The molecule has 0 radical (unpaired) electrons. The van der Waals surface area contributed by atoms with E-state index in [2.05, 4.69) is 18.7 Å². The molecule has 2 fully saturated rings. The van der Waals surface area contributed by atoms with Gasteiger partial charge in [0.2, 0.25) is 0 Å². The maximum absolute atomic E-state index is 13.0. The van der Waals surface area contributed by atoms with Gasteiger partial charge < -0.3 is 14.7 Å². The molecule has 1 heterocycles. The zero-order chi connectivity index (χ0) is 18.0. The predicted molar refractivity (Wildman–Crippen MR) is 98.1 cm³/mol. The predicted octanol–water partition coefficient (Wildman–Crippen LogP) is 2.98. The Labute approximate surface area is 150 Å². The van der Waals surface area contributed by atoms with Gasteiger partial charge in [-0.3, -0.25) is 9.69 Å². The Kier molecular flexibility index (Phi) is 5.52. The fourth-order valence-electron chi connectivity index (χ4n) is 3.72. The second-order valence-electron chi connectivity index (χ2n) is 7.74. The van der Waals surface area contributed by atoms with Crippen molar-refractivity contribution in [3.63, 3.8) is 0 Å². The molecule has 1 amide bonds. The van der Waals surface area contributed by atoms with E-state index in [9.17, 15) is 9.90 Å². The monoisotopic (exact) mass is 346 g/mol. The standard InChI is InChI=1S/C20H30N2O3/c1-14(2)18-13-22(10-4-9-21(18)12-15-5-6-15)20(24)17-11-16(25-3)7-8-19(17)23/h7-8,11,14-15,18,23H,4-6,9-10,12-13H2,1-3H3. The fourth-order valence-corrected chi connectivity index (χ4v) is 3.72. The third-order valence-corrected chi connectivity index (χ3v) is 5.43. The molecule has 1 saturated carbocycles. The molecular weight excluding hydrogens is 316 g/mol. The average molecular weight is 346 g/mol. The second-order valence-corrected chi connectivity index (χ2v) is 7.74. The summed E-state index contributed by atoms with van der Waals surface area (Å²) >= 11 is 0. The largest absolute Gasteiger partial charge is 0.507 e. The zero-order valence-corrected chi connectivity index (χ0v) is 15.6. The Balaban J connectivity index is 1.78. The van der Waals surface area contributed by atoms with E-state index < -0.39 is 0 Å². The fraction of sp³-hybridized carbons (Fsp3) is 0.650. The number of carbonyl (C=O) groups excluding carboxylic acids is 1. The summed E-state index contributed by atoms with van der Waals surface area (Å²) in [7, 11) is 1.57. The van der Waals surface area contributed by atoms with Crippen LogP contribution in [-0.2, 0) is 0 Å². The molecule has 138 valence electrons. The molecule has 1 unspecified atom stereocenters. The maximum Gasteiger partial charge on any atom is 0.257 e. The zero-order valence-electron chi connectivity index (χ0n) is 15.6. The third-order valence-electron chi connectivity index (χ3n) is 5.43. The van der Waals surface area contributed by atoms with Crippen LogP contribution >= 0.6 is 0 Å². The maximum atomic E-state index is 13.0. The van der Waals surface area contributed by atoms with Crippen molar-refractivity contribution in [3.05, 3.63) is 23.8 Å².